The number of amidine groups is 1. The lowest BCUT2D eigenvalue weighted by Crippen LogP contribution is -2.37. The van der Waals surface area contributed by atoms with Crippen LogP contribution in [0.5, 0.6) is 11.5 Å². The Morgan fingerprint density at radius 2 is 1.94 bits per heavy atom. The molecule has 2 aromatic carbocycles. The Morgan fingerprint density at radius 1 is 1.06 bits per heavy atom. The molecule has 0 saturated carbocycles. The normalized spacial score (nSPS) is 22.3. The van der Waals surface area contributed by atoms with Gasteiger partial charge in [-0.2, -0.15) is 5.10 Å². The van der Waals surface area contributed by atoms with Crippen LogP contribution in [0.4, 0.5) is 0 Å². The van der Waals surface area contributed by atoms with E-state index in [1.54, 1.807) is 0 Å². The van der Waals surface area contributed by atoms with E-state index < -0.39 is 0 Å². The minimum Gasteiger partial charge on any atom is -0.457 e. The molecule has 6 rings (SSSR count). The van der Waals surface area contributed by atoms with E-state index in [1.807, 2.05) is 12.1 Å². The molecule has 154 valence electrons. The minimum absolute atomic E-state index is 0.0281. The van der Waals surface area contributed by atoms with Crippen LogP contribution in [0, 0.1) is 0 Å². The second kappa shape index (κ2) is 6.74. The molecule has 3 heterocycles. The second-order valence-electron chi connectivity index (χ2n) is 8.89. The summed E-state index contributed by atoms with van der Waals surface area (Å²) in [5, 5.41) is 10.6. The number of allylic oxidation sites excluding steroid dienone is 5. The molecular formula is C27H25N3O. The zero-order valence-electron chi connectivity index (χ0n) is 17.8. The van der Waals surface area contributed by atoms with Crippen LogP contribution in [0.25, 0.3) is 0 Å². The molecule has 2 aromatic rings. The SMILES string of the molecule is CC1(C)c2ccccc2Oc2cc(C3=NN4C(C5=CCCC=C5)=CC=CC4N3)ccc21. The maximum Gasteiger partial charge on any atom is 0.155 e. The van der Waals surface area contributed by atoms with Gasteiger partial charge in [-0.1, -0.05) is 68.5 Å². The highest BCUT2D eigenvalue weighted by molar-refractivity contribution is 6.00. The number of nitrogens with one attached hydrogen (secondary N) is 1. The van der Waals surface area contributed by atoms with Crippen molar-refractivity contribution in [2.75, 3.05) is 0 Å². The predicted molar refractivity (Wildman–Crippen MR) is 124 cm³/mol. The number of para-hydroxylation sites is 1. The van der Waals surface area contributed by atoms with Crippen LogP contribution in [0.2, 0.25) is 0 Å². The molecule has 0 radical (unpaired) electrons. The fraction of sp³-hybridized carbons (Fsp3) is 0.222. The number of hydrazone groups is 1. The van der Waals surface area contributed by atoms with E-state index in [9.17, 15) is 0 Å². The van der Waals surface area contributed by atoms with E-state index in [0.717, 1.165) is 41.4 Å². The van der Waals surface area contributed by atoms with Crippen molar-refractivity contribution in [3.63, 3.8) is 0 Å². The van der Waals surface area contributed by atoms with Crippen molar-refractivity contribution >= 4 is 5.84 Å². The molecule has 0 saturated heterocycles. The van der Waals surface area contributed by atoms with E-state index in [0.29, 0.717) is 0 Å². The highest BCUT2D eigenvalue weighted by Gasteiger charge is 2.35. The third kappa shape index (κ3) is 2.86. The van der Waals surface area contributed by atoms with Crippen molar-refractivity contribution in [3.05, 3.63) is 107 Å². The van der Waals surface area contributed by atoms with Crippen LogP contribution in [-0.2, 0) is 5.41 Å². The highest BCUT2D eigenvalue weighted by Crippen LogP contribution is 2.47. The van der Waals surface area contributed by atoms with Gasteiger partial charge in [0.15, 0.2) is 5.84 Å². The number of hydrogen-bond acceptors (Lipinski definition) is 4. The number of fused-ring (bicyclic) bond motifs is 3. The lowest BCUT2D eigenvalue weighted by Gasteiger charge is -2.34. The van der Waals surface area contributed by atoms with Crippen molar-refractivity contribution in [1.82, 2.24) is 10.3 Å². The maximum atomic E-state index is 6.31. The van der Waals surface area contributed by atoms with Gasteiger partial charge in [-0.05, 0) is 42.7 Å². The molecule has 31 heavy (non-hydrogen) atoms. The second-order valence-corrected chi connectivity index (χ2v) is 8.89. The summed E-state index contributed by atoms with van der Waals surface area (Å²) in [5.74, 6) is 2.70. The molecule has 0 spiro atoms. The molecule has 1 aliphatic carbocycles. The van der Waals surface area contributed by atoms with Gasteiger partial charge in [-0.3, -0.25) is 0 Å². The molecule has 0 fully saturated rings. The summed E-state index contributed by atoms with van der Waals surface area (Å²) >= 11 is 0. The van der Waals surface area contributed by atoms with Crippen molar-refractivity contribution in [2.24, 2.45) is 5.10 Å². The third-order valence-electron chi connectivity index (χ3n) is 6.55. The first kappa shape index (κ1) is 18.3. The Hall–Kier alpha value is -3.53. The van der Waals surface area contributed by atoms with Crippen LogP contribution >= 0.6 is 0 Å². The lowest BCUT2D eigenvalue weighted by atomic mass is 9.75. The van der Waals surface area contributed by atoms with Crippen LogP contribution in [0.3, 0.4) is 0 Å². The topological polar surface area (TPSA) is 36.9 Å². The first-order valence-corrected chi connectivity index (χ1v) is 10.9. The maximum absolute atomic E-state index is 6.31. The van der Waals surface area contributed by atoms with Crippen LogP contribution in [0.15, 0.2) is 95.3 Å². The Balaban J connectivity index is 1.36. The number of rotatable bonds is 2. The van der Waals surface area contributed by atoms with Gasteiger partial charge < -0.3 is 10.1 Å². The van der Waals surface area contributed by atoms with Gasteiger partial charge in [-0.15, -0.1) is 0 Å². The summed E-state index contributed by atoms with van der Waals surface area (Å²) in [7, 11) is 0. The van der Waals surface area contributed by atoms with E-state index in [-0.39, 0.29) is 11.6 Å². The largest absolute Gasteiger partial charge is 0.457 e. The summed E-state index contributed by atoms with van der Waals surface area (Å²) in [6, 6.07) is 14.7. The quantitative estimate of drug-likeness (QED) is 0.690. The molecule has 4 heteroatoms. The molecule has 0 aromatic heterocycles. The van der Waals surface area contributed by atoms with Gasteiger partial charge in [0, 0.05) is 22.1 Å². The number of ether oxygens (including phenoxy) is 1. The highest BCUT2D eigenvalue weighted by atomic mass is 16.5. The predicted octanol–water partition coefficient (Wildman–Crippen LogP) is 5.74. The van der Waals surface area contributed by atoms with E-state index in [4.69, 9.17) is 9.84 Å². The summed E-state index contributed by atoms with van der Waals surface area (Å²) in [4.78, 5) is 0. The lowest BCUT2D eigenvalue weighted by molar-refractivity contribution is 0.325. The van der Waals surface area contributed by atoms with Gasteiger partial charge >= 0.3 is 0 Å². The zero-order chi connectivity index (χ0) is 21.0. The number of hydrogen-bond donors (Lipinski definition) is 1. The molecule has 0 amide bonds. The van der Waals surface area contributed by atoms with Gasteiger partial charge in [-0.25, -0.2) is 5.01 Å². The minimum atomic E-state index is -0.108. The van der Waals surface area contributed by atoms with Crippen molar-refractivity contribution in [1.29, 1.82) is 0 Å². The Labute approximate surface area is 182 Å². The van der Waals surface area contributed by atoms with Crippen LogP contribution < -0.4 is 10.1 Å². The molecule has 0 bridgehead atoms. The Kier molecular flexibility index (Phi) is 3.97. The smallest absolute Gasteiger partial charge is 0.155 e. The fourth-order valence-electron chi connectivity index (χ4n) is 4.84. The summed E-state index contributed by atoms with van der Waals surface area (Å²) in [6.45, 7) is 4.51. The number of benzene rings is 2. The fourth-order valence-corrected chi connectivity index (χ4v) is 4.84. The van der Waals surface area contributed by atoms with E-state index in [1.165, 1.54) is 16.7 Å². The average molecular weight is 408 g/mol. The zero-order valence-corrected chi connectivity index (χ0v) is 17.8. The van der Waals surface area contributed by atoms with Gasteiger partial charge in [0.25, 0.3) is 0 Å². The molecule has 4 nitrogen and oxygen atoms in total. The van der Waals surface area contributed by atoms with Crippen molar-refractivity contribution in [3.8, 4) is 11.5 Å². The Bertz CT molecular complexity index is 1230. The molecule has 1 N–H and O–H groups in total. The monoisotopic (exact) mass is 407 g/mol. The molecular weight excluding hydrogens is 382 g/mol. The van der Waals surface area contributed by atoms with Gasteiger partial charge in [0.1, 0.15) is 17.7 Å². The van der Waals surface area contributed by atoms with Gasteiger partial charge in [0.05, 0.1) is 5.70 Å². The summed E-state index contributed by atoms with van der Waals surface area (Å²) < 4.78 is 6.31. The summed E-state index contributed by atoms with van der Waals surface area (Å²) in [5.41, 5.74) is 5.71. The third-order valence-corrected chi connectivity index (χ3v) is 6.55. The molecule has 3 aliphatic heterocycles. The van der Waals surface area contributed by atoms with Crippen molar-refractivity contribution in [2.45, 2.75) is 38.3 Å². The first-order chi connectivity index (χ1) is 15.1. The van der Waals surface area contributed by atoms with Crippen LogP contribution in [0.1, 0.15) is 43.4 Å². The molecule has 4 aliphatic rings. The Morgan fingerprint density at radius 3 is 2.81 bits per heavy atom. The molecule has 1 unspecified atom stereocenters. The number of nitrogens with zero attached hydrogens (tertiary/aromatic N) is 2. The molecule has 1 atom stereocenters. The summed E-state index contributed by atoms with van der Waals surface area (Å²) in [6.07, 6.45) is 15.3. The van der Waals surface area contributed by atoms with Crippen molar-refractivity contribution < 1.29 is 4.74 Å². The van der Waals surface area contributed by atoms with Crippen LogP contribution in [-0.4, -0.2) is 17.0 Å². The van der Waals surface area contributed by atoms with E-state index in [2.05, 4.69) is 91.0 Å². The average Bonchev–Trinajstić information content (AvgIpc) is 3.24. The van der Waals surface area contributed by atoms with E-state index >= 15 is 0 Å². The van der Waals surface area contributed by atoms with Gasteiger partial charge in [0.2, 0.25) is 0 Å². The first-order valence-electron chi connectivity index (χ1n) is 10.9. The standard InChI is InChI=1S/C27H25N3O/c1-27(2)20-11-6-7-13-23(20)31-24-17-19(15-16-21(24)27)26-28-25-14-8-12-22(30(25)29-26)18-9-4-3-5-10-18/h4,6-17,25H,3,5H2,1-2H3,(H,28,29).